The molecule has 266 valence electrons. The molecule has 1 heterocycles. The number of phenols is 2. The van der Waals surface area contributed by atoms with Crippen LogP contribution in [0.2, 0.25) is 0 Å². The Morgan fingerprint density at radius 1 is 0.529 bits per heavy atom. The standard InChI is InChI=1S/C40H42N2O9/c43-37-33(39(45)41-30-10-2-1-3-11-30)26-28-8-4-6-12-31(28)35(37)36-32-13-7-5-9-29(32)27-34(38(36)44)40(46)42-14-16-47-18-20-49-22-24-51-25-23-50-21-19-48-17-15-42/h1-13,26-27,43-44H,14-25H2,(H,41,45). The van der Waals surface area contributed by atoms with Crippen LogP contribution in [0.3, 0.4) is 0 Å². The molecule has 0 atom stereocenters. The highest BCUT2D eigenvalue weighted by Crippen LogP contribution is 2.47. The summed E-state index contributed by atoms with van der Waals surface area (Å²) in [6, 6.07) is 26.9. The van der Waals surface area contributed by atoms with E-state index in [9.17, 15) is 19.8 Å². The SMILES string of the molecule is O=C(Nc1ccccc1)c1cc2ccccc2c(-c2c(O)c(C(=O)N3CCOCCOCCOCCOCCOCC3)cc3ccccc23)c1O. The third-order valence-corrected chi connectivity index (χ3v) is 8.59. The summed E-state index contributed by atoms with van der Waals surface area (Å²) in [5, 5.41) is 29.4. The second kappa shape index (κ2) is 17.8. The third kappa shape index (κ3) is 8.83. The molecule has 2 amide bonds. The van der Waals surface area contributed by atoms with E-state index in [1.807, 2.05) is 54.6 Å². The van der Waals surface area contributed by atoms with Crippen LogP contribution in [-0.4, -0.2) is 106 Å². The van der Waals surface area contributed by atoms with Crippen LogP contribution in [-0.2, 0) is 23.7 Å². The molecule has 51 heavy (non-hydrogen) atoms. The maximum atomic E-state index is 14.4. The Hall–Kier alpha value is -5.04. The second-order valence-electron chi connectivity index (χ2n) is 11.9. The van der Waals surface area contributed by atoms with Crippen LogP contribution < -0.4 is 5.32 Å². The summed E-state index contributed by atoms with van der Waals surface area (Å²) >= 11 is 0. The molecule has 0 saturated carbocycles. The number of fused-ring (bicyclic) bond motifs is 2. The molecular weight excluding hydrogens is 652 g/mol. The van der Waals surface area contributed by atoms with Crippen molar-refractivity contribution in [3.63, 3.8) is 0 Å². The van der Waals surface area contributed by atoms with Gasteiger partial charge in [0.25, 0.3) is 11.8 Å². The number of anilines is 1. The molecule has 5 aromatic rings. The lowest BCUT2D eigenvalue weighted by atomic mass is 9.88. The molecule has 1 saturated heterocycles. The summed E-state index contributed by atoms with van der Waals surface area (Å²) in [7, 11) is 0. The molecule has 0 bridgehead atoms. The zero-order chi connectivity index (χ0) is 35.4. The van der Waals surface area contributed by atoms with Crippen molar-refractivity contribution >= 4 is 39.0 Å². The minimum Gasteiger partial charge on any atom is -0.506 e. The number of nitrogens with one attached hydrogen (secondary N) is 1. The van der Waals surface area contributed by atoms with Crippen LogP contribution in [0.4, 0.5) is 5.69 Å². The van der Waals surface area contributed by atoms with E-state index in [4.69, 9.17) is 23.7 Å². The number of ether oxygens (including phenoxy) is 5. The first-order chi connectivity index (χ1) is 25.0. The highest BCUT2D eigenvalue weighted by molar-refractivity contribution is 6.18. The number of hydrogen-bond acceptors (Lipinski definition) is 9. The van der Waals surface area contributed by atoms with Crippen LogP contribution >= 0.6 is 0 Å². The zero-order valence-corrected chi connectivity index (χ0v) is 28.3. The Balaban J connectivity index is 1.38. The first-order valence-corrected chi connectivity index (χ1v) is 17.1. The van der Waals surface area contributed by atoms with E-state index in [2.05, 4.69) is 5.32 Å². The van der Waals surface area contributed by atoms with Crippen molar-refractivity contribution in [2.45, 2.75) is 0 Å². The van der Waals surface area contributed by atoms with Crippen molar-refractivity contribution < 1.29 is 43.5 Å². The molecule has 6 rings (SSSR count). The average Bonchev–Trinajstić information content (AvgIpc) is 3.15. The summed E-state index contributed by atoms with van der Waals surface area (Å²) in [6.45, 7) is 4.16. The van der Waals surface area contributed by atoms with Crippen LogP contribution in [0.25, 0.3) is 32.7 Å². The normalized spacial score (nSPS) is 16.0. The van der Waals surface area contributed by atoms with Gasteiger partial charge in [-0.15, -0.1) is 0 Å². The van der Waals surface area contributed by atoms with Crippen LogP contribution in [0, 0.1) is 0 Å². The molecule has 0 spiro atoms. The molecular formula is C40H42N2O9. The molecule has 1 fully saturated rings. The van der Waals surface area contributed by atoms with Gasteiger partial charge in [0.05, 0.1) is 77.2 Å². The Morgan fingerprint density at radius 2 is 0.941 bits per heavy atom. The van der Waals surface area contributed by atoms with Gasteiger partial charge in [-0.3, -0.25) is 9.59 Å². The monoisotopic (exact) mass is 694 g/mol. The Labute approximate surface area is 296 Å². The number of para-hydroxylation sites is 1. The van der Waals surface area contributed by atoms with Crippen molar-refractivity contribution in [1.82, 2.24) is 4.90 Å². The maximum absolute atomic E-state index is 14.4. The van der Waals surface area contributed by atoms with E-state index in [0.717, 1.165) is 0 Å². The summed E-state index contributed by atoms with van der Waals surface area (Å²) in [5.74, 6) is -1.59. The van der Waals surface area contributed by atoms with E-state index in [0.29, 0.717) is 80.1 Å². The Bertz CT molecular complexity index is 1930. The molecule has 5 aromatic carbocycles. The first-order valence-electron chi connectivity index (χ1n) is 17.1. The van der Waals surface area contributed by atoms with Gasteiger partial charge in [0.2, 0.25) is 0 Å². The van der Waals surface area contributed by atoms with Gasteiger partial charge in [-0.1, -0.05) is 66.7 Å². The summed E-state index contributed by atoms with van der Waals surface area (Å²) < 4.78 is 28.1. The van der Waals surface area contributed by atoms with Crippen molar-refractivity contribution in [1.29, 1.82) is 0 Å². The molecule has 0 aliphatic carbocycles. The average molecular weight is 695 g/mol. The van der Waals surface area contributed by atoms with E-state index in [1.54, 1.807) is 41.3 Å². The van der Waals surface area contributed by atoms with Gasteiger partial charge in [0, 0.05) is 29.9 Å². The first kappa shape index (κ1) is 35.8. The number of aromatic hydroxyl groups is 2. The van der Waals surface area contributed by atoms with E-state index < -0.39 is 11.8 Å². The number of rotatable bonds is 4. The minimum absolute atomic E-state index is 0.0233. The second-order valence-corrected chi connectivity index (χ2v) is 11.9. The Morgan fingerprint density at radius 3 is 1.45 bits per heavy atom. The van der Waals surface area contributed by atoms with Crippen molar-refractivity contribution in [3.8, 4) is 22.6 Å². The van der Waals surface area contributed by atoms with Gasteiger partial charge in [-0.25, -0.2) is 0 Å². The van der Waals surface area contributed by atoms with Gasteiger partial charge in [0.1, 0.15) is 11.5 Å². The number of benzene rings is 5. The van der Waals surface area contributed by atoms with Gasteiger partial charge in [-0.2, -0.15) is 0 Å². The fourth-order valence-corrected chi connectivity index (χ4v) is 6.05. The molecule has 0 aromatic heterocycles. The van der Waals surface area contributed by atoms with Crippen molar-refractivity contribution in [3.05, 3.63) is 102 Å². The molecule has 3 N–H and O–H groups in total. The fraction of sp³-hybridized carbons (Fsp3) is 0.300. The number of carbonyl (C=O) groups excluding carboxylic acids is 2. The van der Waals surface area contributed by atoms with Crippen molar-refractivity contribution in [2.24, 2.45) is 0 Å². The number of hydrogen-bond donors (Lipinski definition) is 3. The van der Waals surface area contributed by atoms with Crippen molar-refractivity contribution in [2.75, 3.05) is 84.5 Å². The lowest BCUT2D eigenvalue weighted by Gasteiger charge is -2.25. The summed E-state index contributed by atoms with van der Waals surface area (Å²) in [5.41, 5.74) is 1.11. The lowest BCUT2D eigenvalue weighted by molar-refractivity contribution is -0.0176. The number of amides is 2. The zero-order valence-electron chi connectivity index (χ0n) is 28.3. The van der Waals surface area contributed by atoms with Gasteiger partial charge >= 0.3 is 0 Å². The minimum atomic E-state index is -0.519. The van der Waals surface area contributed by atoms with E-state index >= 15 is 0 Å². The number of carbonyl (C=O) groups is 2. The predicted molar refractivity (Wildman–Crippen MR) is 195 cm³/mol. The van der Waals surface area contributed by atoms with Crippen LogP contribution in [0.5, 0.6) is 11.5 Å². The molecule has 1 aliphatic rings. The lowest BCUT2D eigenvalue weighted by Crippen LogP contribution is -2.37. The van der Waals surface area contributed by atoms with Gasteiger partial charge < -0.3 is 44.1 Å². The van der Waals surface area contributed by atoms with Gasteiger partial charge in [0.15, 0.2) is 0 Å². The Kier molecular flexibility index (Phi) is 12.5. The molecule has 0 unspecified atom stereocenters. The molecule has 11 nitrogen and oxygen atoms in total. The predicted octanol–water partition coefficient (Wildman–Crippen LogP) is 5.86. The smallest absolute Gasteiger partial charge is 0.259 e. The fourth-order valence-electron chi connectivity index (χ4n) is 6.05. The molecule has 1 aliphatic heterocycles. The number of phenolic OH excluding ortho intramolecular Hbond substituents is 2. The quantitative estimate of drug-likeness (QED) is 0.211. The topological polar surface area (TPSA) is 136 Å². The largest absolute Gasteiger partial charge is 0.506 e. The van der Waals surface area contributed by atoms with Gasteiger partial charge in [-0.05, 0) is 45.8 Å². The van der Waals surface area contributed by atoms with Crippen LogP contribution in [0.15, 0.2) is 91.0 Å². The molecule has 0 radical (unpaired) electrons. The van der Waals surface area contributed by atoms with Crippen LogP contribution in [0.1, 0.15) is 20.7 Å². The van der Waals surface area contributed by atoms with E-state index in [1.165, 1.54) is 0 Å². The highest BCUT2D eigenvalue weighted by Gasteiger charge is 2.28. The van der Waals surface area contributed by atoms with E-state index in [-0.39, 0.29) is 60.1 Å². The highest BCUT2D eigenvalue weighted by atomic mass is 16.6. The molecule has 11 heteroatoms. The third-order valence-electron chi connectivity index (χ3n) is 8.59. The maximum Gasteiger partial charge on any atom is 0.259 e. The number of nitrogens with zero attached hydrogens (tertiary/aromatic N) is 1. The summed E-state index contributed by atoms with van der Waals surface area (Å²) in [4.78, 5) is 29.6. The summed E-state index contributed by atoms with van der Waals surface area (Å²) in [6.07, 6.45) is 0.